The molecule has 1 atom stereocenters. The predicted octanol–water partition coefficient (Wildman–Crippen LogP) is 5.52. The van der Waals surface area contributed by atoms with Gasteiger partial charge in [-0.1, -0.05) is 64.5 Å². The van der Waals surface area contributed by atoms with Gasteiger partial charge in [-0.25, -0.2) is 4.39 Å². The number of ether oxygens (including phenoxy) is 1. The molecule has 35 heavy (non-hydrogen) atoms. The lowest BCUT2D eigenvalue weighted by Gasteiger charge is -2.33. The monoisotopic (exact) mass is 540 g/mol. The molecular weight excluding hydrogens is 511 g/mol. The minimum atomic E-state index is -0.864. The molecule has 0 heterocycles. The van der Waals surface area contributed by atoms with Crippen molar-refractivity contribution >= 4 is 27.7 Å². The van der Waals surface area contributed by atoms with Crippen LogP contribution >= 0.6 is 15.9 Å². The fraction of sp³-hybridized carbons (Fsp3) is 0.286. The molecule has 0 bridgehead atoms. The number of nitrogens with one attached hydrogen (secondary N) is 1. The van der Waals surface area contributed by atoms with Crippen molar-refractivity contribution < 1.29 is 18.7 Å². The highest BCUT2D eigenvalue weighted by Gasteiger charge is 2.32. The molecule has 3 rings (SSSR count). The molecule has 0 unspecified atom stereocenters. The number of nitrogens with zero attached hydrogens (tertiary/aromatic N) is 1. The van der Waals surface area contributed by atoms with E-state index in [2.05, 4.69) is 21.2 Å². The highest BCUT2D eigenvalue weighted by Crippen LogP contribution is 2.19. The van der Waals surface area contributed by atoms with E-state index in [1.54, 1.807) is 30.3 Å². The van der Waals surface area contributed by atoms with Crippen molar-refractivity contribution in [3.8, 4) is 5.75 Å². The number of halogens is 2. The first kappa shape index (κ1) is 26.4. The summed E-state index contributed by atoms with van der Waals surface area (Å²) in [4.78, 5) is 28.3. The molecule has 0 aliphatic carbocycles. The van der Waals surface area contributed by atoms with E-state index in [9.17, 15) is 14.0 Å². The molecule has 1 N–H and O–H groups in total. The zero-order chi connectivity index (χ0) is 25.4. The molecular formula is C28H30BrFN2O3. The van der Waals surface area contributed by atoms with Gasteiger partial charge in [-0.2, -0.15) is 0 Å². The van der Waals surface area contributed by atoms with Gasteiger partial charge in [0.25, 0.3) is 5.91 Å². The average Bonchev–Trinajstić information content (AvgIpc) is 2.81. The van der Waals surface area contributed by atoms with Gasteiger partial charge in [-0.15, -0.1) is 0 Å². The summed E-state index contributed by atoms with van der Waals surface area (Å²) in [7, 11) is 0. The lowest BCUT2D eigenvalue weighted by Crippen LogP contribution is -2.55. The Morgan fingerprint density at radius 2 is 1.60 bits per heavy atom. The molecule has 0 fully saturated rings. The molecule has 7 heteroatoms. The van der Waals surface area contributed by atoms with Gasteiger partial charge in [-0.3, -0.25) is 9.59 Å². The summed E-state index contributed by atoms with van der Waals surface area (Å²) in [5, 5.41) is 2.98. The van der Waals surface area contributed by atoms with Gasteiger partial charge >= 0.3 is 0 Å². The van der Waals surface area contributed by atoms with Crippen LogP contribution in [0.5, 0.6) is 5.75 Å². The summed E-state index contributed by atoms with van der Waals surface area (Å²) in [6, 6.07) is 22.0. The van der Waals surface area contributed by atoms with Crippen molar-refractivity contribution in [1.29, 1.82) is 0 Å². The largest absolute Gasteiger partial charge is 0.484 e. The van der Waals surface area contributed by atoms with Gasteiger partial charge in [0, 0.05) is 28.5 Å². The molecule has 2 amide bonds. The molecule has 184 valence electrons. The number of hydrogen-bond acceptors (Lipinski definition) is 3. The van der Waals surface area contributed by atoms with Crippen LogP contribution in [0.4, 0.5) is 4.39 Å². The fourth-order valence-electron chi connectivity index (χ4n) is 3.58. The van der Waals surface area contributed by atoms with Crippen molar-refractivity contribution in [1.82, 2.24) is 10.2 Å². The Morgan fingerprint density at radius 3 is 2.23 bits per heavy atom. The first-order valence-electron chi connectivity index (χ1n) is 11.4. The number of carbonyl (C=O) groups excluding carboxylic acids is 2. The Hall–Kier alpha value is -3.19. The van der Waals surface area contributed by atoms with Crippen molar-refractivity contribution in [3.63, 3.8) is 0 Å². The van der Waals surface area contributed by atoms with E-state index in [1.807, 2.05) is 63.2 Å². The first-order valence-corrected chi connectivity index (χ1v) is 12.2. The Bertz CT molecular complexity index is 1130. The Kier molecular flexibility index (Phi) is 9.04. The van der Waals surface area contributed by atoms with E-state index < -0.39 is 23.3 Å². The van der Waals surface area contributed by atoms with Crippen LogP contribution in [0.15, 0.2) is 83.3 Å². The maximum atomic E-state index is 14.6. The van der Waals surface area contributed by atoms with Crippen LogP contribution in [0, 0.1) is 5.82 Å². The van der Waals surface area contributed by atoms with Gasteiger partial charge in [0.1, 0.15) is 17.6 Å². The van der Waals surface area contributed by atoms with Gasteiger partial charge < -0.3 is 15.0 Å². The van der Waals surface area contributed by atoms with Crippen LogP contribution in [0.2, 0.25) is 0 Å². The minimum absolute atomic E-state index is 0.0652. The summed E-state index contributed by atoms with van der Waals surface area (Å²) in [5.74, 6) is -0.643. The van der Waals surface area contributed by atoms with Crippen molar-refractivity contribution in [3.05, 3.63) is 100 Å². The second-order valence-electron chi connectivity index (χ2n) is 9.30. The third-order valence-electron chi connectivity index (χ3n) is 5.24. The predicted molar refractivity (Wildman–Crippen MR) is 138 cm³/mol. The van der Waals surface area contributed by atoms with Gasteiger partial charge in [0.2, 0.25) is 5.91 Å². The van der Waals surface area contributed by atoms with Crippen LogP contribution in [0.3, 0.4) is 0 Å². The lowest BCUT2D eigenvalue weighted by atomic mass is 10.0. The van der Waals surface area contributed by atoms with Crippen molar-refractivity contribution in [2.75, 3.05) is 6.61 Å². The Balaban J connectivity index is 1.93. The zero-order valence-electron chi connectivity index (χ0n) is 20.1. The number of rotatable bonds is 9. The first-order chi connectivity index (χ1) is 16.6. The number of amides is 2. The maximum Gasteiger partial charge on any atom is 0.261 e. The molecule has 0 aromatic heterocycles. The Labute approximate surface area is 214 Å². The van der Waals surface area contributed by atoms with Crippen molar-refractivity contribution in [2.45, 2.75) is 45.3 Å². The highest BCUT2D eigenvalue weighted by atomic mass is 79.9. The highest BCUT2D eigenvalue weighted by molar-refractivity contribution is 9.10. The fourth-order valence-corrected chi connectivity index (χ4v) is 3.84. The van der Waals surface area contributed by atoms with Crippen LogP contribution in [-0.4, -0.2) is 34.9 Å². The number of benzene rings is 3. The van der Waals surface area contributed by atoms with Gasteiger partial charge in [-0.05, 0) is 56.7 Å². The van der Waals surface area contributed by atoms with Crippen LogP contribution in [0.25, 0.3) is 0 Å². The van der Waals surface area contributed by atoms with E-state index in [4.69, 9.17) is 4.74 Å². The molecule has 0 aliphatic rings. The molecule has 0 saturated heterocycles. The van der Waals surface area contributed by atoms with Crippen LogP contribution < -0.4 is 10.1 Å². The van der Waals surface area contributed by atoms with Gasteiger partial charge in [0.05, 0.1) is 0 Å². The second-order valence-corrected chi connectivity index (χ2v) is 10.2. The maximum absolute atomic E-state index is 14.6. The summed E-state index contributed by atoms with van der Waals surface area (Å²) in [5.41, 5.74) is 0.708. The summed E-state index contributed by atoms with van der Waals surface area (Å²) >= 11 is 3.37. The lowest BCUT2D eigenvalue weighted by molar-refractivity contribution is -0.143. The molecule has 3 aromatic rings. The molecule has 5 nitrogen and oxygen atoms in total. The zero-order valence-corrected chi connectivity index (χ0v) is 21.7. The van der Waals surface area contributed by atoms with E-state index in [1.165, 1.54) is 11.0 Å². The number of carbonyl (C=O) groups is 2. The summed E-state index contributed by atoms with van der Waals surface area (Å²) in [6.07, 6.45) is 0.279. The quantitative estimate of drug-likeness (QED) is 0.388. The second kappa shape index (κ2) is 12.0. The third kappa shape index (κ3) is 8.21. The van der Waals surface area contributed by atoms with Crippen LogP contribution in [0.1, 0.15) is 31.9 Å². The SMILES string of the molecule is CC(C)(C)NC(=O)[C@H](Cc1ccccc1)N(Cc1ccccc1F)C(=O)COc1ccc(Br)cc1. The number of hydrogen-bond donors (Lipinski definition) is 1. The molecule has 3 aromatic carbocycles. The van der Waals surface area contributed by atoms with E-state index in [0.717, 1.165) is 10.0 Å². The Morgan fingerprint density at radius 1 is 0.971 bits per heavy atom. The van der Waals surface area contributed by atoms with Gasteiger partial charge in [0.15, 0.2) is 6.61 Å². The van der Waals surface area contributed by atoms with Crippen molar-refractivity contribution in [2.24, 2.45) is 0 Å². The smallest absolute Gasteiger partial charge is 0.261 e. The van der Waals surface area contributed by atoms with Crippen LogP contribution in [-0.2, 0) is 22.6 Å². The molecule has 0 radical (unpaired) electrons. The molecule has 0 saturated carbocycles. The summed E-state index contributed by atoms with van der Waals surface area (Å²) < 4.78 is 21.2. The topological polar surface area (TPSA) is 58.6 Å². The molecule has 0 spiro atoms. The average molecular weight is 541 g/mol. The molecule has 0 aliphatic heterocycles. The normalized spacial score (nSPS) is 12.0. The van der Waals surface area contributed by atoms with E-state index in [-0.39, 0.29) is 25.5 Å². The standard InChI is InChI=1S/C28H30BrFN2O3/c1-28(2,3)31-27(34)25(17-20-9-5-4-6-10-20)32(18-21-11-7-8-12-24(21)30)26(33)19-35-23-15-13-22(29)14-16-23/h4-16,25H,17-19H2,1-3H3,(H,31,34)/t25-/m0/s1. The minimum Gasteiger partial charge on any atom is -0.484 e. The summed E-state index contributed by atoms with van der Waals surface area (Å²) in [6.45, 7) is 5.28. The van der Waals surface area contributed by atoms with E-state index >= 15 is 0 Å². The third-order valence-corrected chi connectivity index (χ3v) is 5.77. The van der Waals surface area contributed by atoms with E-state index in [0.29, 0.717) is 11.3 Å².